The van der Waals surface area contributed by atoms with E-state index in [1.165, 1.54) is 17.2 Å². The van der Waals surface area contributed by atoms with E-state index >= 15 is 0 Å². The number of nitrogens with one attached hydrogen (secondary N) is 1. The van der Waals surface area contributed by atoms with Crippen LogP contribution < -0.4 is 11.2 Å². The average Bonchev–Trinajstić information content (AvgIpc) is 3.27. The number of amides is 2. The van der Waals surface area contributed by atoms with Gasteiger partial charge in [-0.3, -0.25) is 28.8 Å². The first kappa shape index (κ1) is 24.1. The van der Waals surface area contributed by atoms with Crippen molar-refractivity contribution in [3.63, 3.8) is 0 Å². The van der Waals surface area contributed by atoms with Crippen molar-refractivity contribution in [2.75, 3.05) is 13.2 Å². The van der Waals surface area contributed by atoms with Gasteiger partial charge in [0.05, 0.1) is 17.2 Å². The summed E-state index contributed by atoms with van der Waals surface area (Å²) in [5.74, 6) is -0.471. The number of aromatic nitrogens is 2. The standard InChI is InChI=1S/C24H29N3O7/c1-2-17-20(19(29)23(34-17)27-13-11-18(28)25-24(27)32)33-14-8-4-3-7-12-26-21(30)15-9-5-6-10-16(15)22(26)31/h5-6,9-11,13,17,19-20,23,29H,2-4,7-8,12,14H2,1H3,(H,25,28,32)/t17-,19+,20?,23-/m1/s1. The average molecular weight is 472 g/mol. The number of aliphatic hydroxyl groups is 1. The third kappa shape index (κ3) is 4.75. The van der Waals surface area contributed by atoms with Crippen LogP contribution >= 0.6 is 0 Å². The van der Waals surface area contributed by atoms with Crippen LogP contribution in [0.2, 0.25) is 0 Å². The zero-order valence-corrected chi connectivity index (χ0v) is 19.0. The second-order valence-electron chi connectivity index (χ2n) is 8.54. The molecule has 2 N–H and O–H groups in total. The Morgan fingerprint density at radius 2 is 1.68 bits per heavy atom. The van der Waals surface area contributed by atoms with Gasteiger partial charge in [0.1, 0.15) is 12.2 Å². The Morgan fingerprint density at radius 1 is 1.00 bits per heavy atom. The molecular formula is C24H29N3O7. The molecule has 0 radical (unpaired) electrons. The number of aromatic amines is 1. The van der Waals surface area contributed by atoms with Crippen LogP contribution in [0.1, 0.15) is 66.0 Å². The lowest BCUT2D eigenvalue weighted by Crippen LogP contribution is -2.38. The number of nitrogens with zero attached hydrogens (tertiary/aromatic N) is 2. The number of hydrogen-bond donors (Lipinski definition) is 2. The highest BCUT2D eigenvalue weighted by molar-refractivity contribution is 6.21. The van der Waals surface area contributed by atoms with Gasteiger partial charge >= 0.3 is 5.69 Å². The molecule has 0 bridgehead atoms. The zero-order valence-electron chi connectivity index (χ0n) is 19.0. The molecule has 2 aliphatic heterocycles. The predicted octanol–water partition coefficient (Wildman–Crippen LogP) is 1.45. The fraction of sp³-hybridized carbons (Fsp3) is 0.500. The molecule has 2 aromatic rings. The van der Waals surface area contributed by atoms with Gasteiger partial charge in [0.15, 0.2) is 6.23 Å². The molecule has 3 heterocycles. The van der Waals surface area contributed by atoms with Crippen LogP contribution in [0.3, 0.4) is 0 Å². The third-order valence-corrected chi connectivity index (χ3v) is 6.30. The first-order chi connectivity index (χ1) is 16.4. The molecule has 2 amide bonds. The summed E-state index contributed by atoms with van der Waals surface area (Å²) in [5, 5.41) is 10.7. The van der Waals surface area contributed by atoms with Crippen molar-refractivity contribution in [3.05, 3.63) is 68.5 Å². The smallest absolute Gasteiger partial charge is 0.330 e. The number of fused-ring (bicyclic) bond motifs is 1. The minimum atomic E-state index is -1.05. The van der Waals surface area contributed by atoms with E-state index in [2.05, 4.69) is 4.98 Å². The summed E-state index contributed by atoms with van der Waals surface area (Å²) < 4.78 is 12.9. The molecule has 1 fully saturated rings. The van der Waals surface area contributed by atoms with E-state index in [4.69, 9.17) is 9.47 Å². The van der Waals surface area contributed by atoms with E-state index in [-0.39, 0.29) is 17.9 Å². The summed E-state index contributed by atoms with van der Waals surface area (Å²) in [6.07, 6.45) is 2.05. The molecule has 10 nitrogen and oxygen atoms in total. The highest BCUT2D eigenvalue weighted by atomic mass is 16.6. The molecule has 1 unspecified atom stereocenters. The number of benzene rings is 1. The molecule has 10 heteroatoms. The van der Waals surface area contributed by atoms with Crippen molar-refractivity contribution in [2.24, 2.45) is 0 Å². The summed E-state index contributed by atoms with van der Waals surface area (Å²) in [6.45, 7) is 2.70. The topological polar surface area (TPSA) is 131 Å². The molecule has 0 saturated carbocycles. The van der Waals surface area contributed by atoms with E-state index in [0.717, 1.165) is 23.8 Å². The van der Waals surface area contributed by atoms with Crippen LogP contribution in [0.15, 0.2) is 46.1 Å². The number of rotatable bonds is 10. The van der Waals surface area contributed by atoms with E-state index in [0.29, 0.717) is 37.1 Å². The molecule has 1 saturated heterocycles. The van der Waals surface area contributed by atoms with E-state index < -0.39 is 29.7 Å². The molecule has 1 aromatic heterocycles. The number of imide groups is 1. The van der Waals surface area contributed by atoms with Crippen LogP contribution in [0.25, 0.3) is 0 Å². The Balaban J connectivity index is 1.20. The van der Waals surface area contributed by atoms with Crippen LogP contribution in [-0.4, -0.2) is 62.8 Å². The second-order valence-corrected chi connectivity index (χ2v) is 8.54. The molecule has 1 aromatic carbocycles. The Bertz CT molecular complexity index is 1120. The number of carbonyl (C=O) groups is 2. The van der Waals surface area contributed by atoms with Crippen LogP contribution in [0, 0.1) is 0 Å². The van der Waals surface area contributed by atoms with Gasteiger partial charge in [0.2, 0.25) is 0 Å². The fourth-order valence-electron chi connectivity index (χ4n) is 4.50. The van der Waals surface area contributed by atoms with E-state index in [1.54, 1.807) is 24.3 Å². The second kappa shape index (κ2) is 10.5. The number of ether oxygens (including phenoxy) is 2. The summed E-state index contributed by atoms with van der Waals surface area (Å²) >= 11 is 0. The zero-order chi connectivity index (χ0) is 24.2. The number of carbonyl (C=O) groups excluding carboxylic acids is 2. The molecule has 0 aliphatic carbocycles. The molecule has 4 atom stereocenters. The molecule has 34 heavy (non-hydrogen) atoms. The van der Waals surface area contributed by atoms with Crippen molar-refractivity contribution in [1.29, 1.82) is 0 Å². The SMILES string of the molecule is CC[C@H]1O[C@@H](n2ccc(=O)[nH]c2=O)[C@@H](O)C1OCCCCCCN1C(=O)c2ccccc2C1=O. The highest BCUT2D eigenvalue weighted by Crippen LogP contribution is 2.32. The summed E-state index contributed by atoms with van der Waals surface area (Å²) in [7, 11) is 0. The van der Waals surface area contributed by atoms with Crippen molar-refractivity contribution in [3.8, 4) is 0 Å². The van der Waals surface area contributed by atoms with Gasteiger partial charge in [-0.15, -0.1) is 0 Å². The number of unbranched alkanes of at least 4 members (excludes halogenated alkanes) is 3. The number of aliphatic hydroxyl groups excluding tert-OH is 1. The molecule has 4 rings (SSSR count). The Labute approximate surface area is 196 Å². The van der Waals surface area contributed by atoms with Crippen LogP contribution in [0.4, 0.5) is 0 Å². The lowest BCUT2D eigenvalue weighted by Gasteiger charge is -2.20. The minimum Gasteiger partial charge on any atom is -0.386 e. The quantitative estimate of drug-likeness (QED) is 0.396. The summed E-state index contributed by atoms with van der Waals surface area (Å²) in [6, 6.07) is 8.06. The highest BCUT2D eigenvalue weighted by Gasteiger charge is 2.44. The van der Waals surface area contributed by atoms with Gasteiger partial charge in [-0.1, -0.05) is 31.9 Å². The largest absolute Gasteiger partial charge is 0.386 e. The Hall–Kier alpha value is -3.08. The Kier molecular flexibility index (Phi) is 7.40. The first-order valence-corrected chi connectivity index (χ1v) is 11.6. The van der Waals surface area contributed by atoms with Crippen molar-refractivity contribution in [1.82, 2.24) is 14.5 Å². The first-order valence-electron chi connectivity index (χ1n) is 11.6. The Morgan fingerprint density at radius 3 is 2.32 bits per heavy atom. The fourth-order valence-corrected chi connectivity index (χ4v) is 4.50. The van der Waals surface area contributed by atoms with Crippen molar-refractivity contribution < 1.29 is 24.2 Å². The van der Waals surface area contributed by atoms with Gasteiger partial charge < -0.3 is 14.6 Å². The summed E-state index contributed by atoms with van der Waals surface area (Å²) in [5.41, 5.74) is -0.237. The van der Waals surface area contributed by atoms with Crippen molar-refractivity contribution >= 4 is 11.8 Å². The molecule has 2 aliphatic rings. The van der Waals surface area contributed by atoms with Crippen molar-refractivity contribution in [2.45, 2.75) is 63.6 Å². The minimum absolute atomic E-state index is 0.235. The molecule has 182 valence electrons. The maximum atomic E-state index is 12.4. The van der Waals surface area contributed by atoms with E-state index in [9.17, 15) is 24.3 Å². The predicted molar refractivity (Wildman–Crippen MR) is 122 cm³/mol. The number of hydrogen-bond acceptors (Lipinski definition) is 7. The van der Waals surface area contributed by atoms with Crippen LogP contribution in [0.5, 0.6) is 0 Å². The summed E-state index contributed by atoms with van der Waals surface area (Å²) in [4.78, 5) is 51.6. The lowest BCUT2D eigenvalue weighted by atomic mass is 10.1. The number of H-pyrrole nitrogens is 1. The third-order valence-electron chi connectivity index (χ3n) is 6.30. The van der Waals surface area contributed by atoms with Gasteiger partial charge in [-0.05, 0) is 31.4 Å². The van der Waals surface area contributed by atoms with E-state index in [1.807, 2.05) is 6.92 Å². The lowest BCUT2D eigenvalue weighted by molar-refractivity contribution is -0.0412. The van der Waals surface area contributed by atoms with Gasteiger partial charge in [-0.25, -0.2) is 4.79 Å². The molecular weight excluding hydrogens is 442 g/mol. The van der Waals surface area contributed by atoms with Gasteiger partial charge in [-0.2, -0.15) is 0 Å². The maximum Gasteiger partial charge on any atom is 0.330 e. The van der Waals surface area contributed by atoms with Gasteiger partial charge in [0, 0.05) is 25.4 Å². The van der Waals surface area contributed by atoms with Crippen LogP contribution in [-0.2, 0) is 9.47 Å². The van der Waals surface area contributed by atoms with Gasteiger partial charge in [0.25, 0.3) is 17.4 Å². The monoisotopic (exact) mass is 471 g/mol. The normalized spacial score (nSPS) is 24.1. The molecule has 0 spiro atoms. The maximum absolute atomic E-state index is 12.4.